The normalized spacial score (nSPS) is 15.1. The molecule has 1 saturated heterocycles. The summed E-state index contributed by atoms with van der Waals surface area (Å²) >= 11 is 0. The van der Waals surface area contributed by atoms with E-state index in [1.807, 2.05) is 35.2 Å². The SMILES string of the molecule is COCCNCC(=O)N1CCC(NC(=O)Nc2ccccc2)CC1. The van der Waals surface area contributed by atoms with Crippen molar-refractivity contribution < 1.29 is 14.3 Å². The highest BCUT2D eigenvalue weighted by Gasteiger charge is 2.23. The summed E-state index contributed by atoms with van der Waals surface area (Å²) in [6.07, 6.45) is 1.54. The van der Waals surface area contributed by atoms with Crippen molar-refractivity contribution in [2.24, 2.45) is 0 Å². The molecule has 0 unspecified atom stereocenters. The molecule has 0 radical (unpaired) electrons. The van der Waals surface area contributed by atoms with Gasteiger partial charge in [0.05, 0.1) is 13.2 Å². The molecule has 3 N–H and O–H groups in total. The summed E-state index contributed by atoms with van der Waals surface area (Å²) in [5.74, 6) is 0.0956. The predicted molar refractivity (Wildman–Crippen MR) is 92.9 cm³/mol. The summed E-state index contributed by atoms with van der Waals surface area (Å²) in [6.45, 7) is 2.92. The molecule has 3 amide bonds. The van der Waals surface area contributed by atoms with Gasteiger partial charge < -0.3 is 25.6 Å². The number of urea groups is 1. The molecule has 1 aromatic rings. The highest BCUT2D eigenvalue weighted by molar-refractivity contribution is 5.89. The van der Waals surface area contributed by atoms with E-state index >= 15 is 0 Å². The minimum atomic E-state index is -0.202. The Bertz CT molecular complexity index is 516. The third kappa shape index (κ3) is 6.17. The second-order valence-corrected chi connectivity index (χ2v) is 5.79. The Morgan fingerprint density at radius 3 is 2.58 bits per heavy atom. The van der Waals surface area contributed by atoms with Crippen molar-refractivity contribution in [3.63, 3.8) is 0 Å². The number of amides is 3. The van der Waals surface area contributed by atoms with Gasteiger partial charge >= 0.3 is 6.03 Å². The van der Waals surface area contributed by atoms with Crippen molar-refractivity contribution in [1.82, 2.24) is 15.5 Å². The van der Waals surface area contributed by atoms with E-state index in [1.165, 1.54) is 0 Å². The molecule has 1 heterocycles. The molecular formula is C17H26N4O3. The molecule has 1 aromatic carbocycles. The molecule has 24 heavy (non-hydrogen) atoms. The van der Waals surface area contributed by atoms with E-state index in [0.717, 1.165) is 18.5 Å². The van der Waals surface area contributed by atoms with Gasteiger partial charge in [0.1, 0.15) is 0 Å². The van der Waals surface area contributed by atoms with Crippen LogP contribution in [-0.4, -0.2) is 62.8 Å². The number of nitrogens with one attached hydrogen (secondary N) is 3. The van der Waals surface area contributed by atoms with Gasteiger partial charge in [-0.3, -0.25) is 4.79 Å². The van der Waals surface area contributed by atoms with Crippen molar-refractivity contribution in [3.05, 3.63) is 30.3 Å². The third-order valence-corrected chi connectivity index (χ3v) is 3.97. The summed E-state index contributed by atoms with van der Waals surface area (Å²) < 4.78 is 4.93. The smallest absolute Gasteiger partial charge is 0.319 e. The van der Waals surface area contributed by atoms with Gasteiger partial charge in [-0.05, 0) is 25.0 Å². The molecule has 7 heteroatoms. The summed E-state index contributed by atoms with van der Waals surface area (Å²) in [6, 6.07) is 9.24. The predicted octanol–water partition coefficient (Wildman–Crippen LogP) is 1.04. The number of nitrogens with zero attached hydrogens (tertiary/aromatic N) is 1. The zero-order valence-corrected chi connectivity index (χ0v) is 14.1. The minimum absolute atomic E-state index is 0.0956. The number of para-hydroxylation sites is 1. The van der Waals surface area contributed by atoms with Crippen LogP contribution >= 0.6 is 0 Å². The first kappa shape index (κ1) is 18.2. The van der Waals surface area contributed by atoms with Gasteiger partial charge in [0.15, 0.2) is 0 Å². The van der Waals surface area contributed by atoms with Crippen LogP contribution in [0.5, 0.6) is 0 Å². The number of hydrogen-bond donors (Lipinski definition) is 3. The highest BCUT2D eigenvalue weighted by atomic mass is 16.5. The van der Waals surface area contributed by atoms with Crippen LogP contribution in [0.1, 0.15) is 12.8 Å². The van der Waals surface area contributed by atoms with Crippen LogP contribution in [0.25, 0.3) is 0 Å². The lowest BCUT2D eigenvalue weighted by molar-refractivity contribution is -0.131. The molecule has 0 atom stereocenters. The quantitative estimate of drug-likeness (QED) is 0.651. The van der Waals surface area contributed by atoms with Crippen LogP contribution in [0.3, 0.4) is 0 Å². The molecule has 0 aliphatic carbocycles. The van der Waals surface area contributed by atoms with Gasteiger partial charge in [-0.25, -0.2) is 4.79 Å². The lowest BCUT2D eigenvalue weighted by Crippen LogP contribution is -2.49. The Kier molecular flexibility index (Phi) is 7.51. The molecule has 0 aromatic heterocycles. The molecule has 7 nitrogen and oxygen atoms in total. The Morgan fingerprint density at radius 1 is 1.21 bits per heavy atom. The number of hydrogen-bond acceptors (Lipinski definition) is 4. The number of likely N-dealkylation sites (tertiary alicyclic amines) is 1. The minimum Gasteiger partial charge on any atom is -0.383 e. The monoisotopic (exact) mass is 334 g/mol. The van der Waals surface area contributed by atoms with E-state index in [1.54, 1.807) is 7.11 Å². The lowest BCUT2D eigenvalue weighted by atomic mass is 10.1. The van der Waals surface area contributed by atoms with Gasteiger partial charge in [0, 0.05) is 38.5 Å². The first-order valence-electron chi connectivity index (χ1n) is 8.29. The maximum absolute atomic E-state index is 12.1. The van der Waals surface area contributed by atoms with Gasteiger partial charge in [0.25, 0.3) is 0 Å². The lowest BCUT2D eigenvalue weighted by Gasteiger charge is -2.32. The van der Waals surface area contributed by atoms with Gasteiger partial charge in [-0.1, -0.05) is 18.2 Å². The van der Waals surface area contributed by atoms with Gasteiger partial charge in [0.2, 0.25) is 5.91 Å². The average Bonchev–Trinajstić information content (AvgIpc) is 2.60. The third-order valence-electron chi connectivity index (χ3n) is 3.97. The van der Waals surface area contributed by atoms with Crippen LogP contribution in [0.15, 0.2) is 30.3 Å². The first-order valence-corrected chi connectivity index (χ1v) is 8.29. The summed E-state index contributed by atoms with van der Waals surface area (Å²) in [4.78, 5) is 25.9. The number of rotatable bonds is 7. The van der Waals surface area contributed by atoms with Crippen molar-refractivity contribution >= 4 is 17.6 Å². The standard InChI is InChI=1S/C17H26N4O3/c1-24-12-9-18-13-16(22)21-10-7-15(8-11-21)20-17(23)19-14-5-3-2-4-6-14/h2-6,15,18H,7-13H2,1H3,(H2,19,20,23). The molecule has 1 aliphatic heterocycles. The largest absolute Gasteiger partial charge is 0.383 e. The van der Waals surface area contributed by atoms with Crippen molar-refractivity contribution in [3.8, 4) is 0 Å². The summed E-state index contributed by atoms with van der Waals surface area (Å²) in [5.41, 5.74) is 0.768. The van der Waals surface area contributed by atoms with Crippen LogP contribution in [0.2, 0.25) is 0 Å². The van der Waals surface area contributed by atoms with Crippen LogP contribution in [0.4, 0.5) is 10.5 Å². The topological polar surface area (TPSA) is 82.7 Å². The number of benzene rings is 1. The number of methoxy groups -OCH3 is 1. The summed E-state index contributed by atoms with van der Waals surface area (Å²) in [7, 11) is 1.63. The zero-order chi connectivity index (χ0) is 17.2. The zero-order valence-electron chi connectivity index (χ0n) is 14.1. The molecule has 1 fully saturated rings. The van der Waals surface area contributed by atoms with E-state index in [0.29, 0.717) is 32.8 Å². The molecule has 0 saturated carbocycles. The number of ether oxygens (including phenoxy) is 1. The fraction of sp³-hybridized carbons (Fsp3) is 0.529. The van der Waals surface area contributed by atoms with E-state index in [-0.39, 0.29) is 18.0 Å². The summed E-state index contributed by atoms with van der Waals surface area (Å²) in [5, 5.41) is 8.84. The molecule has 0 spiro atoms. The Labute approximate surface area is 142 Å². The van der Waals surface area contributed by atoms with Crippen molar-refractivity contribution in [2.75, 3.05) is 45.2 Å². The maximum atomic E-state index is 12.1. The highest BCUT2D eigenvalue weighted by Crippen LogP contribution is 2.11. The second-order valence-electron chi connectivity index (χ2n) is 5.79. The number of anilines is 1. The molecule has 2 rings (SSSR count). The van der Waals surface area contributed by atoms with E-state index in [4.69, 9.17) is 4.74 Å². The van der Waals surface area contributed by atoms with Crippen molar-refractivity contribution in [2.45, 2.75) is 18.9 Å². The first-order chi connectivity index (χ1) is 11.7. The molecule has 132 valence electrons. The number of piperidine rings is 1. The van der Waals surface area contributed by atoms with E-state index in [2.05, 4.69) is 16.0 Å². The molecular weight excluding hydrogens is 308 g/mol. The number of carbonyl (C=O) groups excluding carboxylic acids is 2. The van der Waals surface area contributed by atoms with Crippen LogP contribution in [0, 0.1) is 0 Å². The maximum Gasteiger partial charge on any atom is 0.319 e. The fourth-order valence-electron chi connectivity index (χ4n) is 2.63. The second kappa shape index (κ2) is 9.89. The van der Waals surface area contributed by atoms with Crippen molar-refractivity contribution in [1.29, 1.82) is 0 Å². The van der Waals surface area contributed by atoms with Gasteiger partial charge in [-0.2, -0.15) is 0 Å². The van der Waals surface area contributed by atoms with Gasteiger partial charge in [-0.15, -0.1) is 0 Å². The molecule has 0 bridgehead atoms. The average molecular weight is 334 g/mol. The van der Waals surface area contributed by atoms with E-state index in [9.17, 15) is 9.59 Å². The fourth-order valence-corrected chi connectivity index (χ4v) is 2.63. The van der Waals surface area contributed by atoms with Crippen LogP contribution < -0.4 is 16.0 Å². The molecule has 1 aliphatic rings. The Hall–Kier alpha value is -2.12. The van der Waals surface area contributed by atoms with E-state index < -0.39 is 0 Å². The van der Waals surface area contributed by atoms with Crippen LogP contribution in [-0.2, 0) is 9.53 Å². The Morgan fingerprint density at radius 2 is 1.92 bits per heavy atom. The Balaban J connectivity index is 1.65. The number of carbonyl (C=O) groups is 2.